The number of ether oxygens (including phenoxy) is 1. The molecule has 0 saturated carbocycles. The first-order chi connectivity index (χ1) is 13.3. The summed E-state index contributed by atoms with van der Waals surface area (Å²) in [5, 5.41) is 2.01. The number of amides is 2. The fourth-order valence-electron chi connectivity index (χ4n) is 3.14. The molecule has 9 heteroatoms. The molecule has 0 aliphatic carbocycles. The molecular weight excluding hydrogens is 392 g/mol. The molecule has 0 aromatic heterocycles. The van der Waals surface area contributed by atoms with Gasteiger partial charge in [-0.15, -0.1) is 0 Å². The molecule has 1 N–H and O–H groups in total. The van der Waals surface area contributed by atoms with Crippen LogP contribution in [0.25, 0.3) is 0 Å². The predicted molar refractivity (Wildman–Crippen MR) is 98.5 cm³/mol. The van der Waals surface area contributed by atoms with Crippen molar-refractivity contribution in [1.29, 1.82) is 0 Å². The first kappa shape index (κ1) is 23.0. The number of nitrogens with zero attached hydrogens (tertiary/aromatic N) is 1. The van der Waals surface area contributed by atoms with Gasteiger partial charge in [0.2, 0.25) is 5.91 Å². The second-order valence-corrected chi connectivity index (χ2v) is 8.21. The van der Waals surface area contributed by atoms with Crippen molar-refractivity contribution in [1.82, 2.24) is 10.2 Å². The molecule has 1 aromatic carbocycles. The maximum atomic E-state index is 13.4. The smallest absolute Gasteiger partial charge is 0.412 e. The van der Waals surface area contributed by atoms with Gasteiger partial charge < -0.3 is 15.0 Å². The van der Waals surface area contributed by atoms with Gasteiger partial charge in [0.15, 0.2) is 6.04 Å². The Labute approximate surface area is 167 Å². The number of rotatable bonds is 4. The van der Waals surface area contributed by atoms with Crippen LogP contribution < -0.4 is 5.32 Å². The third kappa shape index (κ3) is 7.21. The Morgan fingerprint density at radius 1 is 1.14 bits per heavy atom. The molecule has 0 spiro atoms. The normalized spacial score (nSPS) is 17.0. The molecule has 1 aliphatic heterocycles. The summed E-state index contributed by atoms with van der Waals surface area (Å²) in [7, 11) is 0. The van der Waals surface area contributed by atoms with Crippen LogP contribution in [0.5, 0.6) is 0 Å². The van der Waals surface area contributed by atoms with Crippen LogP contribution in [-0.2, 0) is 9.53 Å². The van der Waals surface area contributed by atoms with E-state index in [-0.39, 0.29) is 17.9 Å². The summed E-state index contributed by atoms with van der Waals surface area (Å²) >= 11 is 0. The molecule has 0 bridgehead atoms. The average Bonchev–Trinajstić information content (AvgIpc) is 2.59. The number of piperidine rings is 1. The number of hydrogen-bond donors (Lipinski definition) is 1. The van der Waals surface area contributed by atoms with Crippen LogP contribution in [0.15, 0.2) is 24.3 Å². The molecule has 1 unspecified atom stereocenters. The highest BCUT2D eigenvalue weighted by molar-refractivity contribution is 5.77. The van der Waals surface area contributed by atoms with E-state index in [0.717, 1.165) is 24.3 Å². The lowest BCUT2D eigenvalue weighted by atomic mass is 9.93. The van der Waals surface area contributed by atoms with Crippen LogP contribution in [0.4, 0.5) is 22.4 Å². The van der Waals surface area contributed by atoms with E-state index in [2.05, 4.69) is 0 Å². The summed E-state index contributed by atoms with van der Waals surface area (Å²) < 4.78 is 58.4. The van der Waals surface area contributed by atoms with Gasteiger partial charge in [0.05, 0.1) is 0 Å². The molecule has 29 heavy (non-hydrogen) atoms. The topological polar surface area (TPSA) is 58.6 Å². The predicted octanol–water partition coefficient (Wildman–Crippen LogP) is 4.58. The molecule has 1 atom stereocenters. The van der Waals surface area contributed by atoms with Crippen LogP contribution in [0.2, 0.25) is 0 Å². The Kier molecular flexibility index (Phi) is 7.13. The zero-order valence-corrected chi connectivity index (χ0v) is 16.7. The SMILES string of the molecule is CC(C)(C)OC(=O)N1CCC(CC(=O)NC(c2ccc(F)cc2)C(F)(F)F)CC1. The van der Waals surface area contributed by atoms with Crippen LogP contribution in [0.3, 0.4) is 0 Å². The van der Waals surface area contributed by atoms with E-state index in [1.807, 2.05) is 5.32 Å². The lowest BCUT2D eigenvalue weighted by molar-refractivity contribution is -0.163. The van der Waals surface area contributed by atoms with Crippen molar-refractivity contribution in [2.24, 2.45) is 5.92 Å². The van der Waals surface area contributed by atoms with Gasteiger partial charge in [-0.3, -0.25) is 4.79 Å². The van der Waals surface area contributed by atoms with E-state index in [4.69, 9.17) is 4.74 Å². The molecule has 0 radical (unpaired) electrons. The van der Waals surface area contributed by atoms with Gasteiger partial charge in [-0.2, -0.15) is 13.2 Å². The minimum atomic E-state index is -4.70. The molecule has 2 amide bonds. The van der Waals surface area contributed by atoms with E-state index in [0.29, 0.717) is 25.9 Å². The summed E-state index contributed by atoms with van der Waals surface area (Å²) in [5.74, 6) is -1.51. The standard InChI is InChI=1S/C20H26F4N2O3/c1-19(2,3)29-18(28)26-10-8-13(9-11-26)12-16(27)25-17(20(22,23)24)14-4-6-15(21)7-5-14/h4-7,13,17H,8-12H2,1-3H3,(H,25,27). The minimum Gasteiger partial charge on any atom is -0.444 e. The molecule has 1 saturated heterocycles. The van der Waals surface area contributed by atoms with Crippen molar-refractivity contribution >= 4 is 12.0 Å². The number of likely N-dealkylation sites (tertiary alicyclic amines) is 1. The Morgan fingerprint density at radius 3 is 2.17 bits per heavy atom. The molecule has 1 fully saturated rings. The van der Waals surface area contributed by atoms with Gasteiger partial charge in [0, 0.05) is 19.5 Å². The highest BCUT2D eigenvalue weighted by Crippen LogP contribution is 2.33. The lowest BCUT2D eigenvalue weighted by Gasteiger charge is -2.33. The summed E-state index contributed by atoms with van der Waals surface area (Å²) in [6.45, 7) is 6.06. The van der Waals surface area contributed by atoms with Crippen molar-refractivity contribution in [2.45, 2.75) is 57.9 Å². The molecule has 1 aromatic rings. The number of benzene rings is 1. The van der Waals surface area contributed by atoms with E-state index in [1.54, 1.807) is 20.8 Å². The van der Waals surface area contributed by atoms with Crippen LogP contribution in [0, 0.1) is 11.7 Å². The van der Waals surface area contributed by atoms with Gasteiger partial charge in [0.25, 0.3) is 0 Å². The average molecular weight is 418 g/mol. The van der Waals surface area contributed by atoms with Crippen LogP contribution in [-0.4, -0.2) is 41.8 Å². The maximum absolute atomic E-state index is 13.4. The molecule has 5 nitrogen and oxygen atoms in total. The molecular formula is C20H26F4N2O3. The highest BCUT2D eigenvalue weighted by atomic mass is 19.4. The highest BCUT2D eigenvalue weighted by Gasteiger charge is 2.42. The fraction of sp³-hybridized carbons (Fsp3) is 0.600. The van der Waals surface area contributed by atoms with Gasteiger partial charge in [0.1, 0.15) is 11.4 Å². The van der Waals surface area contributed by atoms with E-state index in [1.165, 1.54) is 4.90 Å². The number of alkyl halides is 3. The Hall–Kier alpha value is -2.32. The quantitative estimate of drug-likeness (QED) is 0.728. The van der Waals surface area contributed by atoms with E-state index >= 15 is 0 Å². The van der Waals surface area contributed by atoms with Gasteiger partial charge in [-0.1, -0.05) is 12.1 Å². The Morgan fingerprint density at radius 2 is 1.69 bits per heavy atom. The Balaban J connectivity index is 1.90. The molecule has 2 rings (SSSR count). The second kappa shape index (κ2) is 9.00. The lowest BCUT2D eigenvalue weighted by Crippen LogP contribution is -2.43. The number of hydrogen-bond acceptors (Lipinski definition) is 3. The molecule has 1 heterocycles. The first-order valence-electron chi connectivity index (χ1n) is 9.44. The number of carbonyl (C=O) groups is 2. The molecule has 162 valence electrons. The van der Waals surface area contributed by atoms with Gasteiger partial charge >= 0.3 is 12.3 Å². The minimum absolute atomic E-state index is 0.0735. The number of carbonyl (C=O) groups excluding carboxylic acids is 2. The monoisotopic (exact) mass is 418 g/mol. The summed E-state index contributed by atoms with van der Waals surface area (Å²) in [6.07, 6.45) is -4.21. The summed E-state index contributed by atoms with van der Waals surface area (Å²) in [6, 6.07) is 1.66. The number of halogens is 4. The van der Waals surface area contributed by atoms with Crippen molar-refractivity contribution in [3.63, 3.8) is 0 Å². The van der Waals surface area contributed by atoms with Crippen LogP contribution >= 0.6 is 0 Å². The van der Waals surface area contributed by atoms with Gasteiger partial charge in [-0.05, 0) is 57.2 Å². The van der Waals surface area contributed by atoms with Crippen LogP contribution in [0.1, 0.15) is 51.6 Å². The maximum Gasteiger partial charge on any atom is 0.412 e. The van der Waals surface area contributed by atoms with Gasteiger partial charge in [-0.25, -0.2) is 9.18 Å². The Bertz CT molecular complexity index is 706. The van der Waals surface area contributed by atoms with Crippen molar-refractivity contribution in [2.75, 3.05) is 13.1 Å². The van der Waals surface area contributed by atoms with Crippen molar-refractivity contribution in [3.8, 4) is 0 Å². The fourth-order valence-corrected chi connectivity index (χ4v) is 3.14. The van der Waals surface area contributed by atoms with Crippen molar-refractivity contribution < 1.29 is 31.9 Å². The number of nitrogens with one attached hydrogen (secondary N) is 1. The molecule has 1 aliphatic rings. The summed E-state index contributed by atoms with van der Waals surface area (Å²) in [5.41, 5.74) is -0.840. The van der Waals surface area contributed by atoms with E-state index in [9.17, 15) is 27.2 Å². The third-order valence-electron chi connectivity index (χ3n) is 4.58. The second-order valence-electron chi connectivity index (χ2n) is 8.21. The first-order valence-corrected chi connectivity index (χ1v) is 9.44. The van der Waals surface area contributed by atoms with E-state index < -0.39 is 35.6 Å². The zero-order valence-electron chi connectivity index (χ0n) is 16.7. The summed E-state index contributed by atoms with van der Waals surface area (Å²) in [4.78, 5) is 25.8. The van der Waals surface area contributed by atoms with Crippen molar-refractivity contribution in [3.05, 3.63) is 35.6 Å². The zero-order chi connectivity index (χ0) is 21.8. The third-order valence-corrected chi connectivity index (χ3v) is 4.58. The largest absolute Gasteiger partial charge is 0.444 e.